The molecule has 2 rings (SSSR count). The lowest BCUT2D eigenvalue weighted by atomic mass is 10.2. The van der Waals surface area contributed by atoms with Crippen LogP contribution >= 0.6 is 0 Å². The summed E-state index contributed by atoms with van der Waals surface area (Å²) < 4.78 is 0. The summed E-state index contributed by atoms with van der Waals surface area (Å²) in [6.07, 6.45) is 3.26. The van der Waals surface area contributed by atoms with Crippen LogP contribution in [0, 0.1) is 6.92 Å². The van der Waals surface area contributed by atoms with E-state index in [2.05, 4.69) is 4.98 Å². The van der Waals surface area contributed by atoms with Gasteiger partial charge >= 0.3 is 6.03 Å². The highest BCUT2D eigenvalue weighted by Gasteiger charge is 2.14. The van der Waals surface area contributed by atoms with Crippen LogP contribution < -0.4 is 10.6 Å². The van der Waals surface area contributed by atoms with Gasteiger partial charge < -0.3 is 5.73 Å². The van der Waals surface area contributed by atoms with Gasteiger partial charge in [-0.15, -0.1) is 0 Å². The minimum absolute atomic E-state index is 0.524. The Hall–Kier alpha value is -2.36. The lowest BCUT2D eigenvalue weighted by Crippen LogP contribution is -2.31. The largest absolute Gasteiger partial charge is 0.351 e. The van der Waals surface area contributed by atoms with Gasteiger partial charge in [0.1, 0.15) is 0 Å². The number of nitrogens with two attached hydrogens (primary N) is 1. The summed E-state index contributed by atoms with van der Waals surface area (Å²) in [6, 6.07) is 10.6. The average molecular weight is 227 g/mol. The standard InChI is InChI=1S/C13H13N3O/c1-10-4-2-5-11(8-10)16(13(14)17)12-6-3-7-15-9-12/h2-9H,1H3,(H2,14,17). The Labute approximate surface area is 99.7 Å². The van der Waals surface area contributed by atoms with Crippen molar-refractivity contribution in [3.05, 3.63) is 54.4 Å². The molecule has 0 aliphatic carbocycles. The van der Waals surface area contributed by atoms with Crippen LogP contribution in [-0.4, -0.2) is 11.0 Å². The van der Waals surface area contributed by atoms with Gasteiger partial charge in [-0.2, -0.15) is 0 Å². The zero-order valence-corrected chi connectivity index (χ0v) is 9.50. The number of carbonyl (C=O) groups is 1. The maximum absolute atomic E-state index is 11.5. The summed E-state index contributed by atoms with van der Waals surface area (Å²) in [5.41, 5.74) is 7.88. The van der Waals surface area contributed by atoms with Crippen molar-refractivity contribution in [3.63, 3.8) is 0 Å². The van der Waals surface area contributed by atoms with E-state index < -0.39 is 6.03 Å². The number of urea groups is 1. The van der Waals surface area contributed by atoms with E-state index in [4.69, 9.17) is 5.73 Å². The quantitative estimate of drug-likeness (QED) is 0.857. The summed E-state index contributed by atoms with van der Waals surface area (Å²) in [6.45, 7) is 1.96. The molecule has 0 saturated carbocycles. The molecule has 0 saturated heterocycles. The fourth-order valence-corrected chi connectivity index (χ4v) is 1.66. The molecule has 1 heterocycles. The topological polar surface area (TPSA) is 59.2 Å². The van der Waals surface area contributed by atoms with Gasteiger partial charge in [-0.05, 0) is 36.8 Å². The molecule has 4 heteroatoms. The molecule has 0 atom stereocenters. The van der Waals surface area contributed by atoms with Crippen LogP contribution in [0.15, 0.2) is 48.8 Å². The summed E-state index contributed by atoms with van der Waals surface area (Å²) in [4.78, 5) is 16.9. The number of hydrogen-bond donors (Lipinski definition) is 1. The van der Waals surface area contributed by atoms with Crippen molar-refractivity contribution in [3.8, 4) is 0 Å². The van der Waals surface area contributed by atoms with Crippen LogP contribution in [0.25, 0.3) is 0 Å². The van der Waals surface area contributed by atoms with Crippen molar-refractivity contribution in [1.29, 1.82) is 0 Å². The zero-order chi connectivity index (χ0) is 12.3. The normalized spacial score (nSPS) is 9.94. The zero-order valence-electron chi connectivity index (χ0n) is 9.50. The van der Waals surface area contributed by atoms with Crippen molar-refractivity contribution < 1.29 is 4.79 Å². The third-order valence-electron chi connectivity index (χ3n) is 2.38. The molecule has 1 aromatic carbocycles. The number of nitrogens with zero attached hydrogens (tertiary/aromatic N) is 2. The first-order chi connectivity index (χ1) is 8.18. The molecule has 2 N–H and O–H groups in total. The minimum atomic E-state index is -0.524. The number of rotatable bonds is 2. The second-order valence-electron chi connectivity index (χ2n) is 3.72. The highest BCUT2D eigenvalue weighted by molar-refractivity contribution is 5.98. The molecule has 0 bridgehead atoms. The van der Waals surface area contributed by atoms with Gasteiger partial charge in [0.05, 0.1) is 17.6 Å². The number of pyridine rings is 1. The van der Waals surface area contributed by atoms with E-state index in [1.54, 1.807) is 24.5 Å². The Morgan fingerprint density at radius 2 is 2.00 bits per heavy atom. The van der Waals surface area contributed by atoms with Crippen LogP contribution in [0.5, 0.6) is 0 Å². The highest BCUT2D eigenvalue weighted by Crippen LogP contribution is 2.24. The first-order valence-corrected chi connectivity index (χ1v) is 5.25. The molecule has 0 aliphatic heterocycles. The summed E-state index contributed by atoms with van der Waals surface area (Å²) in [5, 5.41) is 0. The molecule has 4 nitrogen and oxygen atoms in total. The predicted molar refractivity (Wildman–Crippen MR) is 67.1 cm³/mol. The SMILES string of the molecule is Cc1cccc(N(C(N)=O)c2cccnc2)c1. The first kappa shape index (κ1) is 11.1. The number of primary amides is 1. The highest BCUT2D eigenvalue weighted by atomic mass is 16.2. The maximum Gasteiger partial charge on any atom is 0.323 e. The summed E-state index contributed by atoms with van der Waals surface area (Å²) >= 11 is 0. The van der Waals surface area contributed by atoms with Crippen molar-refractivity contribution in [2.45, 2.75) is 6.92 Å². The molecule has 0 spiro atoms. The molecule has 0 fully saturated rings. The Kier molecular flexibility index (Phi) is 3.05. The molecular formula is C13H13N3O. The van der Waals surface area contributed by atoms with E-state index in [-0.39, 0.29) is 0 Å². The average Bonchev–Trinajstić information content (AvgIpc) is 2.30. The van der Waals surface area contributed by atoms with Crippen molar-refractivity contribution >= 4 is 17.4 Å². The van der Waals surface area contributed by atoms with E-state index in [1.807, 2.05) is 31.2 Å². The van der Waals surface area contributed by atoms with Gasteiger partial charge in [-0.1, -0.05) is 12.1 Å². The molecule has 0 radical (unpaired) electrons. The molecule has 1 aromatic heterocycles. The molecule has 0 aliphatic rings. The lowest BCUT2D eigenvalue weighted by molar-refractivity contribution is 0.256. The minimum Gasteiger partial charge on any atom is -0.351 e. The van der Waals surface area contributed by atoms with Gasteiger partial charge in [0.15, 0.2) is 0 Å². The molecule has 86 valence electrons. The number of benzene rings is 1. The number of anilines is 2. The second-order valence-corrected chi connectivity index (χ2v) is 3.72. The predicted octanol–water partition coefficient (Wildman–Crippen LogP) is 2.61. The third kappa shape index (κ3) is 2.42. The van der Waals surface area contributed by atoms with Gasteiger partial charge in [-0.3, -0.25) is 9.88 Å². The lowest BCUT2D eigenvalue weighted by Gasteiger charge is -2.20. The van der Waals surface area contributed by atoms with Gasteiger partial charge in [-0.25, -0.2) is 4.79 Å². The van der Waals surface area contributed by atoms with E-state index in [9.17, 15) is 4.79 Å². The molecule has 17 heavy (non-hydrogen) atoms. The van der Waals surface area contributed by atoms with Crippen LogP contribution in [0.1, 0.15) is 5.56 Å². The fraction of sp³-hybridized carbons (Fsp3) is 0.0769. The molecule has 2 amide bonds. The number of hydrogen-bond acceptors (Lipinski definition) is 2. The Morgan fingerprint density at radius 1 is 1.24 bits per heavy atom. The number of amides is 2. The number of aromatic nitrogens is 1. The van der Waals surface area contributed by atoms with Crippen LogP contribution in [0.3, 0.4) is 0 Å². The van der Waals surface area contributed by atoms with Gasteiger partial charge in [0.25, 0.3) is 0 Å². The Morgan fingerprint density at radius 3 is 2.59 bits per heavy atom. The smallest absolute Gasteiger partial charge is 0.323 e. The van der Waals surface area contributed by atoms with E-state index >= 15 is 0 Å². The fourth-order valence-electron chi connectivity index (χ4n) is 1.66. The van der Waals surface area contributed by atoms with Gasteiger partial charge in [0.2, 0.25) is 0 Å². The van der Waals surface area contributed by atoms with Crippen LogP contribution in [-0.2, 0) is 0 Å². The van der Waals surface area contributed by atoms with E-state index in [1.165, 1.54) is 4.90 Å². The van der Waals surface area contributed by atoms with Crippen LogP contribution in [0.4, 0.5) is 16.2 Å². The number of carbonyl (C=O) groups excluding carboxylic acids is 1. The summed E-state index contributed by atoms with van der Waals surface area (Å²) in [5.74, 6) is 0. The van der Waals surface area contributed by atoms with Crippen molar-refractivity contribution in [2.75, 3.05) is 4.90 Å². The molecular weight excluding hydrogens is 214 g/mol. The number of aryl methyl sites for hydroxylation is 1. The van der Waals surface area contributed by atoms with Gasteiger partial charge in [0, 0.05) is 6.20 Å². The van der Waals surface area contributed by atoms with Crippen molar-refractivity contribution in [1.82, 2.24) is 4.98 Å². The monoisotopic (exact) mass is 227 g/mol. The second kappa shape index (κ2) is 4.65. The first-order valence-electron chi connectivity index (χ1n) is 5.25. The van der Waals surface area contributed by atoms with Crippen molar-refractivity contribution in [2.24, 2.45) is 5.73 Å². The Bertz CT molecular complexity index is 525. The maximum atomic E-state index is 11.5. The molecule has 2 aromatic rings. The third-order valence-corrected chi connectivity index (χ3v) is 2.38. The van der Waals surface area contributed by atoms with E-state index in [0.717, 1.165) is 11.3 Å². The van der Waals surface area contributed by atoms with E-state index in [0.29, 0.717) is 5.69 Å². The van der Waals surface area contributed by atoms with Crippen LogP contribution in [0.2, 0.25) is 0 Å². The Balaban J connectivity index is 2.47. The summed E-state index contributed by atoms with van der Waals surface area (Å²) in [7, 11) is 0. The molecule has 0 unspecified atom stereocenters.